The standard InChI is InChI=1S/C17H16ClNOS/c1-10-3-4-12(7-11(10)2)17-14-8-13(18)5-6-15(14)19-16(20)9-21-17/h3-8,17H,9H2,1-2H3,(H,19,20). The van der Waals surface area contributed by atoms with Crippen LogP contribution in [0.2, 0.25) is 5.02 Å². The lowest BCUT2D eigenvalue weighted by Crippen LogP contribution is -2.12. The summed E-state index contributed by atoms with van der Waals surface area (Å²) in [6.45, 7) is 4.22. The van der Waals surface area contributed by atoms with E-state index in [0.717, 1.165) is 11.3 Å². The Labute approximate surface area is 133 Å². The molecule has 1 atom stereocenters. The van der Waals surface area contributed by atoms with Crippen molar-refractivity contribution in [2.24, 2.45) is 0 Å². The van der Waals surface area contributed by atoms with Gasteiger partial charge in [0.25, 0.3) is 0 Å². The summed E-state index contributed by atoms with van der Waals surface area (Å²) in [5.41, 5.74) is 5.68. The van der Waals surface area contributed by atoms with Gasteiger partial charge in [-0.1, -0.05) is 29.8 Å². The Kier molecular flexibility index (Phi) is 3.96. The molecular weight excluding hydrogens is 302 g/mol. The van der Waals surface area contributed by atoms with Gasteiger partial charge >= 0.3 is 0 Å². The molecule has 1 aliphatic heterocycles. The van der Waals surface area contributed by atoms with E-state index in [1.54, 1.807) is 11.8 Å². The second-order valence-corrected chi connectivity index (χ2v) is 6.84. The van der Waals surface area contributed by atoms with Crippen LogP contribution in [0.4, 0.5) is 5.69 Å². The fraction of sp³-hybridized carbons (Fsp3) is 0.235. The van der Waals surface area contributed by atoms with E-state index >= 15 is 0 Å². The first-order chi connectivity index (χ1) is 10.0. The molecule has 1 amide bonds. The smallest absolute Gasteiger partial charge is 0.234 e. The van der Waals surface area contributed by atoms with Gasteiger partial charge < -0.3 is 5.32 Å². The van der Waals surface area contributed by atoms with Crippen molar-refractivity contribution < 1.29 is 4.79 Å². The average molecular weight is 318 g/mol. The molecule has 0 radical (unpaired) electrons. The molecule has 2 nitrogen and oxygen atoms in total. The predicted octanol–water partition coefficient (Wildman–Crippen LogP) is 4.73. The topological polar surface area (TPSA) is 29.1 Å². The minimum atomic E-state index is 0.0370. The van der Waals surface area contributed by atoms with E-state index in [-0.39, 0.29) is 11.2 Å². The maximum absolute atomic E-state index is 11.9. The third-order valence-electron chi connectivity index (χ3n) is 3.78. The highest BCUT2D eigenvalue weighted by molar-refractivity contribution is 8.00. The molecule has 1 heterocycles. The van der Waals surface area contributed by atoms with Crippen molar-refractivity contribution in [2.75, 3.05) is 11.1 Å². The van der Waals surface area contributed by atoms with Crippen LogP contribution >= 0.6 is 23.4 Å². The highest BCUT2D eigenvalue weighted by Gasteiger charge is 2.24. The average Bonchev–Trinajstić information content (AvgIpc) is 2.60. The van der Waals surface area contributed by atoms with Crippen molar-refractivity contribution in [2.45, 2.75) is 19.1 Å². The molecule has 0 fully saturated rings. The molecule has 21 heavy (non-hydrogen) atoms. The van der Waals surface area contributed by atoms with E-state index in [4.69, 9.17) is 11.6 Å². The number of carbonyl (C=O) groups is 1. The molecule has 0 spiro atoms. The maximum atomic E-state index is 11.9. The first kappa shape index (κ1) is 14.5. The van der Waals surface area contributed by atoms with Gasteiger partial charge in [0, 0.05) is 10.7 Å². The largest absolute Gasteiger partial charge is 0.325 e. The maximum Gasteiger partial charge on any atom is 0.234 e. The van der Waals surface area contributed by atoms with Crippen molar-refractivity contribution in [3.05, 3.63) is 63.7 Å². The summed E-state index contributed by atoms with van der Waals surface area (Å²) >= 11 is 7.79. The number of hydrogen-bond acceptors (Lipinski definition) is 2. The quantitative estimate of drug-likeness (QED) is 0.823. The van der Waals surface area contributed by atoms with Crippen LogP contribution in [-0.4, -0.2) is 11.7 Å². The third kappa shape index (κ3) is 2.94. The van der Waals surface area contributed by atoms with E-state index < -0.39 is 0 Å². The van der Waals surface area contributed by atoms with E-state index in [2.05, 4.69) is 37.4 Å². The number of anilines is 1. The second kappa shape index (κ2) is 5.74. The van der Waals surface area contributed by atoms with Gasteiger partial charge in [0.15, 0.2) is 0 Å². The van der Waals surface area contributed by atoms with Gasteiger partial charge in [-0.15, -0.1) is 11.8 Å². The molecule has 3 rings (SSSR count). The number of rotatable bonds is 1. The van der Waals surface area contributed by atoms with Gasteiger partial charge in [-0.3, -0.25) is 4.79 Å². The van der Waals surface area contributed by atoms with Crippen molar-refractivity contribution in [3.8, 4) is 0 Å². The Bertz CT molecular complexity index is 714. The van der Waals surface area contributed by atoms with Gasteiger partial charge in [-0.2, -0.15) is 0 Å². The fourth-order valence-electron chi connectivity index (χ4n) is 2.50. The van der Waals surface area contributed by atoms with Crippen molar-refractivity contribution >= 4 is 35.0 Å². The van der Waals surface area contributed by atoms with Crippen LogP contribution in [0.1, 0.15) is 27.5 Å². The minimum Gasteiger partial charge on any atom is -0.325 e. The first-order valence-corrected chi connectivity index (χ1v) is 8.25. The molecule has 0 aliphatic carbocycles. The lowest BCUT2D eigenvalue weighted by molar-refractivity contribution is -0.113. The molecule has 1 aliphatic rings. The molecule has 0 aromatic heterocycles. The number of benzene rings is 2. The van der Waals surface area contributed by atoms with Crippen LogP contribution in [0.15, 0.2) is 36.4 Å². The van der Waals surface area contributed by atoms with Crippen LogP contribution < -0.4 is 5.32 Å². The van der Waals surface area contributed by atoms with Gasteiger partial charge in [-0.05, 0) is 54.3 Å². The number of nitrogens with one attached hydrogen (secondary N) is 1. The Balaban J connectivity index is 2.11. The Hall–Kier alpha value is -1.45. The number of thioether (sulfide) groups is 1. The highest BCUT2D eigenvalue weighted by Crippen LogP contribution is 2.42. The van der Waals surface area contributed by atoms with Crippen LogP contribution in [0, 0.1) is 13.8 Å². The summed E-state index contributed by atoms with van der Waals surface area (Å²) in [5.74, 6) is 0.485. The van der Waals surface area contributed by atoms with Gasteiger partial charge in [0.05, 0.1) is 11.0 Å². The zero-order valence-electron chi connectivity index (χ0n) is 11.9. The SMILES string of the molecule is Cc1ccc(C2SCC(=O)Nc3ccc(Cl)cc32)cc1C. The molecule has 1 unspecified atom stereocenters. The second-order valence-electron chi connectivity index (χ2n) is 5.31. The van der Waals surface area contributed by atoms with Gasteiger partial charge in [0.1, 0.15) is 0 Å². The van der Waals surface area contributed by atoms with Gasteiger partial charge in [0.2, 0.25) is 5.91 Å². The molecule has 108 valence electrons. The minimum absolute atomic E-state index is 0.0370. The summed E-state index contributed by atoms with van der Waals surface area (Å²) in [4.78, 5) is 11.9. The lowest BCUT2D eigenvalue weighted by Gasteiger charge is -2.18. The monoisotopic (exact) mass is 317 g/mol. The van der Waals surface area contributed by atoms with E-state index in [9.17, 15) is 4.79 Å². The van der Waals surface area contributed by atoms with Crippen molar-refractivity contribution in [3.63, 3.8) is 0 Å². The zero-order valence-corrected chi connectivity index (χ0v) is 13.5. The number of aryl methyl sites for hydroxylation is 2. The normalized spacial score (nSPS) is 17.9. The number of hydrogen-bond donors (Lipinski definition) is 1. The van der Waals surface area contributed by atoms with Gasteiger partial charge in [-0.25, -0.2) is 0 Å². The molecule has 1 N–H and O–H groups in total. The van der Waals surface area contributed by atoms with Crippen LogP contribution in [0.25, 0.3) is 0 Å². The Morgan fingerprint density at radius 1 is 1.14 bits per heavy atom. The summed E-state index contributed by atoms with van der Waals surface area (Å²) in [6, 6.07) is 12.1. The van der Waals surface area contributed by atoms with E-state index in [1.807, 2.05) is 18.2 Å². The number of carbonyl (C=O) groups excluding carboxylic acids is 1. The molecular formula is C17H16ClNOS. The van der Waals surface area contributed by atoms with Crippen molar-refractivity contribution in [1.29, 1.82) is 0 Å². The summed E-state index contributed by atoms with van der Waals surface area (Å²) in [6.07, 6.45) is 0. The van der Waals surface area contributed by atoms with Crippen LogP contribution in [-0.2, 0) is 4.79 Å². The van der Waals surface area contributed by atoms with Crippen LogP contribution in [0.3, 0.4) is 0 Å². The number of fused-ring (bicyclic) bond motifs is 1. The molecule has 2 aromatic carbocycles. The number of halogens is 1. The van der Waals surface area contributed by atoms with Crippen molar-refractivity contribution in [1.82, 2.24) is 0 Å². The third-order valence-corrected chi connectivity index (χ3v) is 5.31. The van der Waals surface area contributed by atoms with E-state index in [0.29, 0.717) is 10.8 Å². The molecule has 0 bridgehead atoms. The lowest BCUT2D eigenvalue weighted by atomic mass is 9.99. The summed E-state index contributed by atoms with van der Waals surface area (Å²) in [7, 11) is 0. The molecule has 0 saturated carbocycles. The van der Waals surface area contributed by atoms with E-state index in [1.165, 1.54) is 16.7 Å². The number of amides is 1. The molecule has 0 saturated heterocycles. The van der Waals surface area contributed by atoms with Crippen LogP contribution in [0.5, 0.6) is 0 Å². The first-order valence-electron chi connectivity index (χ1n) is 6.82. The zero-order chi connectivity index (χ0) is 15.0. The summed E-state index contributed by atoms with van der Waals surface area (Å²) < 4.78 is 0. The Morgan fingerprint density at radius 2 is 1.95 bits per heavy atom. The Morgan fingerprint density at radius 3 is 2.71 bits per heavy atom. The molecule has 4 heteroatoms. The predicted molar refractivity (Wildman–Crippen MR) is 90.3 cm³/mol. The fourth-order valence-corrected chi connectivity index (χ4v) is 3.79. The highest BCUT2D eigenvalue weighted by atomic mass is 35.5. The molecule has 2 aromatic rings. The summed E-state index contributed by atoms with van der Waals surface area (Å²) in [5, 5.41) is 3.77.